The lowest BCUT2D eigenvalue weighted by atomic mass is 10.1. The molecule has 0 aliphatic carbocycles. The van der Waals surface area contributed by atoms with Crippen molar-refractivity contribution in [2.75, 3.05) is 20.1 Å². The maximum Gasteiger partial charge on any atom is 0.291 e. The first kappa shape index (κ1) is 11.1. The Balaban J connectivity index is 0.000000261. The molecule has 1 aliphatic rings. The number of likely N-dealkylation sites (tertiary alicyclic amines) is 1. The number of nitrogens with zero attached hydrogens (tertiary/aromatic N) is 2. The molecule has 1 rings (SSSR count). The molecule has 0 radical (unpaired) electrons. The summed E-state index contributed by atoms with van der Waals surface area (Å²) in [5.41, 5.74) is 0. The van der Waals surface area contributed by atoms with Gasteiger partial charge < -0.3 is 15.2 Å². The molecule has 1 fully saturated rings. The molecule has 72 valence electrons. The maximum absolute atomic E-state index is 9.00. The van der Waals surface area contributed by atoms with Gasteiger partial charge in [-0.3, -0.25) is 0 Å². The summed E-state index contributed by atoms with van der Waals surface area (Å²) in [7, 11) is 2.09. The summed E-state index contributed by atoms with van der Waals surface area (Å²) in [4.78, 5) is 10.6. The van der Waals surface area contributed by atoms with E-state index in [9.17, 15) is 0 Å². The number of hydrogen-bond donors (Lipinski definition) is 2. The van der Waals surface area contributed by atoms with Gasteiger partial charge in [-0.2, -0.15) is 0 Å². The van der Waals surface area contributed by atoms with E-state index in [0.29, 0.717) is 0 Å². The van der Waals surface area contributed by atoms with Gasteiger partial charge in [0.2, 0.25) is 0 Å². The van der Waals surface area contributed by atoms with Crippen LogP contribution in [0.1, 0.15) is 12.8 Å². The molecule has 12 heavy (non-hydrogen) atoms. The van der Waals surface area contributed by atoms with Gasteiger partial charge in [0, 0.05) is 13.1 Å². The summed E-state index contributed by atoms with van der Waals surface area (Å²) >= 11 is 0. The maximum atomic E-state index is 9.00. The number of piperidine rings is 1. The van der Waals surface area contributed by atoms with Crippen molar-refractivity contribution >= 4 is 0 Å². The van der Waals surface area contributed by atoms with E-state index >= 15 is 0 Å². The van der Waals surface area contributed by atoms with Crippen LogP contribution in [0.2, 0.25) is 0 Å². The van der Waals surface area contributed by atoms with Crippen molar-refractivity contribution < 1.29 is 15.4 Å². The predicted octanol–water partition coefficient (Wildman–Crippen LogP) is -0.275. The number of aliphatic hydroxyl groups is 1. The second-order valence-corrected chi connectivity index (χ2v) is 2.77. The number of hydrogen-bond acceptors (Lipinski definition) is 4. The highest BCUT2D eigenvalue weighted by Crippen LogP contribution is 2.06. The fourth-order valence-electron chi connectivity index (χ4n) is 0.995. The van der Waals surface area contributed by atoms with Crippen LogP contribution in [-0.2, 0) is 0 Å². The van der Waals surface area contributed by atoms with Crippen LogP contribution >= 0.6 is 0 Å². The molecule has 0 atom stereocenters. The molecular formula is C6H14N2O4. The summed E-state index contributed by atoms with van der Waals surface area (Å²) < 4.78 is 0. The molecule has 0 unspecified atom stereocenters. The predicted molar refractivity (Wildman–Crippen MR) is 41.5 cm³/mol. The molecule has 1 heterocycles. The minimum Gasteiger partial charge on any atom is -0.393 e. The van der Waals surface area contributed by atoms with Crippen molar-refractivity contribution in [1.29, 1.82) is 0 Å². The second kappa shape index (κ2) is 5.73. The SMILES string of the molecule is CN1CCC(O)CC1.O=[N+]([O-])O. The molecule has 6 nitrogen and oxygen atoms in total. The Bertz CT molecular complexity index is 120. The Morgan fingerprint density at radius 2 is 1.83 bits per heavy atom. The molecule has 0 aromatic carbocycles. The Morgan fingerprint density at radius 1 is 1.50 bits per heavy atom. The lowest BCUT2D eigenvalue weighted by molar-refractivity contribution is -0.742. The summed E-state index contributed by atoms with van der Waals surface area (Å²) in [6.45, 7) is 2.11. The average molecular weight is 178 g/mol. The first-order valence-corrected chi connectivity index (χ1v) is 3.72. The van der Waals surface area contributed by atoms with E-state index in [2.05, 4.69) is 11.9 Å². The van der Waals surface area contributed by atoms with Gasteiger partial charge in [-0.1, -0.05) is 0 Å². The lowest BCUT2D eigenvalue weighted by Gasteiger charge is -2.25. The summed E-state index contributed by atoms with van der Waals surface area (Å²) in [5.74, 6) is 0. The van der Waals surface area contributed by atoms with Gasteiger partial charge in [0.1, 0.15) is 0 Å². The topological polar surface area (TPSA) is 86.8 Å². The minimum atomic E-state index is -1.50. The Labute approximate surface area is 70.5 Å². The smallest absolute Gasteiger partial charge is 0.291 e. The van der Waals surface area contributed by atoms with Gasteiger partial charge in [0.05, 0.1) is 6.10 Å². The summed E-state index contributed by atoms with van der Waals surface area (Å²) in [6, 6.07) is 0. The Kier molecular flexibility index (Phi) is 5.31. The van der Waals surface area contributed by atoms with Crippen LogP contribution in [0.5, 0.6) is 0 Å². The Hall–Kier alpha value is -0.880. The van der Waals surface area contributed by atoms with E-state index in [-0.39, 0.29) is 6.10 Å². The van der Waals surface area contributed by atoms with Gasteiger partial charge >= 0.3 is 0 Å². The van der Waals surface area contributed by atoms with E-state index < -0.39 is 5.09 Å². The zero-order valence-corrected chi connectivity index (χ0v) is 7.01. The van der Waals surface area contributed by atoms with Crippen LogP contribution in [0, 0.1) is 10.1 Å². The van der Waals surface area contributed by atoms with E-state index in [0.717, 1.165) is 25.9 Å². The lowest BCUT2D eigenvalue weighted by Crippen LogP contribution is -2.32. The molecular weight excluding hydrogens is 164 g/mol. The second-order valence-electron chi connectivity index (χ2n) is 2.77. The molecule has 0 amide bonds. The highest BCUT2D eigenvalue weighted by Gasteiger charge is 2.12. The van der Waals surface area contributed by atoms with Crippen molar-refractivity contribution in [1.82, 2.24) is 4.90 Å². The summed E-state index contributed by atoms with van der Waals surface area (Å²) in [5, 5.41) is 22.6. The van der Waals surface area contributed by atoms with Crippen LogP contribution in [0.15, 0.2) is 0 Å². The zero-order chi connectivity index (χ0) is 9.56. The zero-order valence-electron chi connectivity index (χ0n) is 7.01. The normalized spacial score (nSPS) is 19.5. The van der Waals surface area contributed by atoms with Gasteiger partial charge in [-0.25, -0.2) is 0 Å². The molecule has 0 aromatic heterocycles. The van der Waals surface area contributed by atoms with Crippen LogP contribution in [0.25, 0.3) is 0 Å². The quantitative estimate of drug-likeness (QED) is 0.393. The van der Waals surface area contributed by atoms with Crippen molar-refractivity contribution in [2.45, 2.75) is 18.9 Å². The van der Waals surface area contributed by atoms with Crippen molar-refractivity contribution in [3.63, 3.8) is 0 Å². The van der Waals surface area contributed by atoms with E-state index in [1.165, 1.54) is 0 Å². The van der Waals surface area contributed by atoms with Crippen LogP contribution in [0.4, 0.5) is 0 Å². The Morgan fingerprint density at radius 3 is 2.08 bits per heavy atom. The van der Waals surface area contributed by atoms with Gasteiger partial charge in [-0.15, -0.1) is 10.1 Å². The third-order valence-electron chi connectivity index (χ3n) is 1.69. The van der Waals surface area contributed by atoms with Crippen LogP contribution in [-0.4, -0.2) is 46.5 Å². The largest absolute Gasteiger partial charge is 0.393 e. The standard InChI is InChI=1S/C6H13NO.HNO3/c1-7-4-2-6(8)3-5-7;2-1(3)4/h6,8H,2-5H2,1H3;(H,2,3,4). The minimum absolute atomic E-state index is 0.0220. The van der Waals surface area contributed by atoms with Crippen molar-refractivity contribution in [3.05, 3.63) is 10.1 Å². The van der Waals surface area contributed by atoms with E-state index in [4.69, 9.17) is 20.4 Å². The molecule has 0 spiro atoms. The third-order valence-corrected chi connectivity index (χ3v) is 1.69. The monoisotopic (exact) mass is 178 g/mol. The number of aliphatic hydroxyl groups excluding tert-OH is 1. The van der Waals surface area contributed by atoms with Crippen LogP contribution in [0.3, 0.4) is 0 Å². The highest BCUT2D eigenvalue weighted by molar-refractivity contribution is 4.67. The molecule has 1 saturated heterocycles. The summed E-state index contributed by atoms with van der Waals surface area (Å²) in [6.07, 6.45) is 1.89. The molecule has 0 saturated carbocycles. The molecule has 0 aromatic rings. The molecule has 1 aliphatic heterocycles. The van der Waals surface area contributed by atoms with Gasteiger partial charge in [0.25, 0.3) is 5.09 Å². The van der Waals surface area contributed by atoms with Gasteiger partial charge in [0.15, 0.2) is 0 Å². The van der Waals surface area contributed by atoms with Gasteiger partial charge in [-0.05, 0) is 19.9 Å². The highest BCUT2D eigenvalue weighted by atomic mass is 16.9. The van der Waals surface area contributed by atoms with E-state index in [1.54, 1.807) is 0 Å². The first-order chi connectivity index (χ1) is 5.52. The fourth-order valence-corrected chi connectivity index (χ4v) is 0.995. The fraction of sp³-hybridized carbons (Fsp3) is 1.00. The molecule has 0 bridgehead atoms. The van der Waals surface area contributed by atoms with Crippen LogP contribution < -0.4 is 0 Å². The molecule has 2 N–H and O–H groups in total. The van der Waals surface area contributed by atoms with E-state index in [1.807, 2.05) is 0 Å². The van der Waals surface area contributed by atoms with Crippen molar-refractivity contribution in [3.8, 4) is 0 Å². The number of rotatable bonds is 0. The molecule has 6 heteroatoms. The van der Waals surface area contributed by atoms with Crippen molar-refractivity contribution in [2.24, 2.45) is 0 Å². The average Bonchev–Trinajstić information content (AvgIpc) is 1.94. The third kappa shape index (κ3) is 7.23. The first-order valence-electron chi connectivity index (χ1n) is 3.72.